The number of nitrogens with two attached hydrogens (primary N) is 1. The molecular weight excluding hydrogens is 466 g/mol. The van der Waals surface area contributed by atoms with E-state index in [-0.39, 0.29) is 0 Å². The first kappa shape index (κ1) is 26.9. The van der Waals surface area contributed by atoms with Crippen molar-refractivity contribution in [3.05, 3.63) is 82.6 Å². The van der Waals surface area contributed by atoms with Gasteiger partial charge in [0.15, 0.2) is 0 Å². The normalized spacial score (nSPS) is 17.5. The predicted octanol–water partition coefficient (Wildman–Crippen LogP) is 7.08. The average molecular weight is 498 g/mol. The molecule has 2 N–H and O–H groups in total. The van der Waals surface area contributed by atoms with Crippen LogP contribution in [0, 0.1) is 0 Å². The Morgan fingerprint density at radius 2 is 1.49 bits per heavy atom. The number of anilines is 1. The van der Waals surface area contributed by atoms with E-state index in [0.717, 1.165) is 29.2 Å². The van der Waals surface area contributed by atoms with Crippen LogP contribution in [0.25, 0.3) is 0 Å². The van der Waals surface area contributed by atoms with E-state index in [4.69, 9.17) is 0 Å². The molecule has 0 saturated heterocycles. The molecule has 1 aliphatic rings. The minimum Gasteiger partial charge on any atom is -0.347 e. The quantitative estimate of drug-likeness (QED) is 0.346. The lowest BCUT2D eigenvalue weighted by Crippen LogP contribution is -2.73. The number of quaternary nitrogens is 1. The summed E-state index contributed by atoms with van der Waals surface area (Å²) < 4.78 is 79.6. The van der Waals surface area contributed by atoms with E-state index in [2.05, 4.69) is 0 Å². The van der Waals surface area contributed by atoms with Crippen LogP contribution < -0.4 is 10.2 Å². The van der Waals surface area contributed by atoms with Crippen molar-refractivity contribution in [3.8, 4) is 0 Å². The molecule has 0 atom stereocenters. The van der Waals surface area contributed by atoms with Crippen LogP contribution >= 0.6 is 0 Å². The number of nitrogens with zero attached hydrogens (tertiary/aromatic N) is 1. The van der Waals surface area contributed by atoms with Crippen molar-refractivity contribution in [1.29, 1.82) is 0 Å². The molecular formula is C27H31F6N2+. The molecule has 35 heavy (non-hydrogen) atoms. The standard InChI is InChI=1S/C27H30F6N2/c1-24(2,19-15-17(26(28,29)30)10-12-21(19)34-5)14-8-7-9-23-25(3,4)20-16-18(27(31,32)33)11-13-22(20)35(23)6/h7-13,15-16,34H,14H2,1-6H3/p+1. The van der Waals surface area contributed by atoms with Crippen molar-refractivity contribution < 1.29 is 31.7 Å². The second-order valence-electron chi connectivity index (χ2n) is 10.1. The van der Waals surface area contributed by atoms with Crippen molar-refractivity contribution in [2.45, 2.75) is 57.3 Å². The van der Waals surface area contributed by atoms with E-state index in [9.17, 15) is 26.3 Å². The molecule has 0 saturated carbocycles. The topological polar surface area (TPSA) is 19.9 Å². The monoisotopic (exact) mass is 497 g/mol. The number of likely N-dealkylation sites (N-methyl/N-ethyl adjacent to an activating group) is 1. The molecule has 190 valence electrons. The number of hydrogen-bond acceptors (Lipinski definition) is 1. The van der Waals surface area contributed by atoms with Crippen LogP contribution in [0.3, 0.4) is 0 Å². The van der Waals surface area contributed by atoms with Gasteiger partial charge in [-0.1, -0.05) is 39.8 Å². The molecule has 0 amide bonds. The summed E-state index contributed by atoms with van der Waals surface area (Å²) in [6.07, 6.45) is -2.77. The number of halogens is 6. The summed E-state index contributed by atoms with van der Waals surface area (Å²) in [7, 11) is 3.61. The van der Waals surface area contributed by atoms with Gasteiger partial charge >= 0.3 is 12.4 Å². The van der Waals surface area contributed by atoms with E-state index in [0.29, 0.717) is 17.5 Å². The van der Waals surface area contributed by atoms with E-state index in [1.165, 1.54) is 24.3 Å². The Kier molecular flexibility index (Phi) is 6.94. The maximum absolute atomic E-state index is 13.3. The van der Waals surface area contributed by atoms with Gasteiger partial charge in [-0.05, 0) is 59.9 Å². The lowest BCUT2D eigenvalue weighted by atomic mass is 9.79. The molecule has 1 heterocycles. The minimum absolute atomic E-state index is 0.480. The van der Waals surface area contributed by atoms with Gasteiger partial charge in [0.05, 0.1) is 18.2 Å². The van der Waals surface area contributed by atoms with Gasteiger partial charge in [-0.25, -0.2) is 0 Å². The highest BCUT2D eigenvalue weighted by Crippen LogP contribution is 2.48. The van der Waals surface area contributed by atoms with Crippen molar-refractivity contribution in [1.82, 2.24) is 0 Å². The third-order valence-electron chi connectivity index (χ3n) is 6.80. The second kappa shape index (κ2) is 9.04. The van der Waals surface area contributed by atoms with Gasteiger partial charge in [0.25, 0.3) is 0 Å². The third kappa shape index (κ3) is 5.27. The molecule has 0 aliphatic carbocycles. The van der Waals surface area contributed by atoms with Crippen LogP contribution in [0.2, 0.25) is 0 Å². The van der Waals surface area contributed by atoms with Gasteiger partial charge < -0.3 is 10.2 Å². The first-order valence-electron chi connectivity index (χ1n) is 11.3. The number of allylic oxidation sites excluding steroid dienone is 4. The molecule has 0 radical (unpaired) electrons. The summed E-state index contributed by atoms with van der Waals surface area (Å²) >= 11 is 0. The predicted molar refractivity (Wildman–Crippen MR) is 127 cm³/mol. The van der Waals surface area contributed by atoms with Crippen molar-refractivity contribution in [2.75, 3.05) is 19.0 Å². The highest BCUT2D eigenvalue weighted by molar-refractivity contribution is 5.71. The summed E-state index contributed by atoms with van der Waals surface area (Å²) in [5.74, 6) is 0. The van der Waals surface area contributed by atoms with Crippen molar-refractivity contribution in [3.63, 3.8) is 0 Å². The van der Waals surface area contributed by atoms with Crippen LogP contribution in [0.4, 0.5) is 37.7 Å². The van der Waals surface area contributed by atoms with Crippen LogP contribution in [0.1, 0.15) is 56.4 Å². The third-order valence-corrected chi connectivity index (χ3v) is 6.80. The van der Waals surface area contributed by atoms with Crippen LogP contribution in [0.5, 0.6) is 0 Å². The van der Waals surface area contributed by atoms with Gasteiger partial charge in [-0.3, -0.25) is 0 Å². The Bertz CT molecular complexity index is 1150. The smallest absolute Gasteiger partial charge is 0.347 e. The Balaban J connectivity index is 1.87. The Hall–Kier alpha value is -2.74. The van der Waals surface area contributed by atoms with Crippen LogP contribution in [-0.2, 0) is 23.2 Å². The fourth-order valence-electron chi connectivity index (χ4n) is 4.71. The van der Waals surface area contributed by atoms with Gasteiger partial charge in [-0.15, -0.1) is 0 Å². The largest absolute Gasteiger partial charge is 0.416 e. The number of fused-ring (bicyclic) bond motifs is 1. The van der Waals surface area contributed by atoms with Crippen molar-refractivity contribution in [2.24, 2.45) is 0 Å². The molecule has 0 fully saturated rings. The zero-order valence-corrected chi connectivity index (χ0v) is 20.7. The van der Waals surface area contributed by atoms with Gasteiger partial charge in [-0.2, -0.15) is 26.3 Å². The van der Waals surface area contributed by atoms with E-state index < -0.39 is 34.3 Å². The molecule has 0 unspecified atom stereocenters. The zero-order chi connectivity index (χ0) is 26.4. The van der Waals surface area contributed by atoms with E-state index >= 15 is 0 Å². The average Bonchev–Trinajstić information content (AvgIpc) is 2.94. The first-order valence-corrected chi connectivity index (χ1v) is 11.3. The van der Waals surface area contributed by atoms with Crippen molar-refractivity contribution >= 4 is 11.4 Å². The molecule has 3 rings (SSSR count). The van der Waals surface area contributed by atoms with Crippen LogP contribution in [-0.4, -0.2) is 14.1 Å². The Morgan fingerprint density at radius 1 is 0.914 bits per heavy atom. The molecule has 2 aromatic rings. The highest BCUT2D eigenvalue weighted by atomic mass is 19.4. The van der Waals surface area contributed by atoms with Gasteiger partial charge in [0.1, 0.15) is 5.69 Å². The lowest BCUT2D eigenvalue weighted by molar-refractivity contribution is -0.540. The number of hydrogen-bond donors (Lipinski definition) is 1. The molecule has 8 heteroatoms. The molecule has 0 spiro atoms. The summed E-state index contributed by atoms with van der Waals surface area (Å²) in [4.78, 5) is 1.88. The summed E-state index contributed by atoms with van der Waals surface area (Å²) in [6, 6.07) is 7.58. The van der Waals surface area contributed by atoms with E-state index in [1.807, 2.05) is 57.9 Å². The summed E-state index contributed by atoms with van der Waals surface area (Å²) in [5, 5.41) is 1.80. The van der Waals surface area contributed by atoms with Gasteiger partial charge in [0, 0.05) is 29.4 Å². The molecule has 0 bridgehead atoms. The number of alkyl halides is 6. The molecule has 0 aromatic heterocycles. The maximum atomic E-state index is 13.3. The second-order valence-corrected chi connectivity index (χ2v) is 10.1. The lowest BCUT2D eigenvalue weighted by Gasteiger charge is -2.26. The number of benzene rings is 2. The summed E-state index contributed by atoms with van der Waals surface area (Å²) in [5.41, 5.74) is 0.943. The Morgan fingerprint density at radius 3 is 2.06 bits per heavy atom. The summed E-state index contributed by atoms with van der Waals surface area (Å²) in [6.45, 7) is 7.55. The zero-order valence-electron chi connectivity index (χ0n) is 20.7. The van der Waals surface area contributed by atoms with E-state index in [1.54, 1.807) is 12.4 Å². The molecule has 1 aliphatic heterocycles. The van der Waals surface area contributed by atoms with Gasteiger partial charge in [0.2, 0.25) is 0 Å². The SMILES string of the molecule is C[NH2+]c1ccc(C(F)(F)F)cc1C(C)(C)CC=CC=C1N(C)c2ccc(C(F)(F)F)cc2C1(C)C. The highest BCUT2D eigenvalue weighted by Gasteiger charge is 2.41. The molecule has 2 nitrogen and oxygen atoms in total. The first-order chi connectivity index (χ1) is 16.0. The number of rotatable bonds is 5. The minimum atomic E-state index is -4.42. The molecule has 2 aromatic carbocycles. The van der Waals surface area contributed by atoms with Crippen LogP contribution in [0.15, 0.2) is 60.3 Å². The maximum Gasteiger partial charge on any atom is 0.416 e. The fraction of sp³-hybridized carbons (Fsp3) is 0.407. The fourth-order valence-corrected chi connectivity index (χ4v) is 4.71. The Labute approximate surface area is 202 Å².